The molecule has 1 aromatic carbocycles. The molecule has 5 nitrogen and oxygen atoms in total. The molecule has 19 heavy (non-hydrogen) atoms. The van der Waals surface area contributed by atoms with E-state index in [0.717, 1.165) is 5.56 Å². The van der Waals surface area contributed by atoms with Gasteiger partial charge in [0.15, 0.2) is 0 Å². The van der Waals surface area contributed by atoms with Crippen LogP contribution in [0.2, 0.25) is 0 Å². The SMILES string of the molecule is CCCC(=O)NC(CO)C(=O)NCc1ccccc1. The van der Waals surface area contributed by atoms with E-state index >= 15 is 0 Å². The number of rotatable bonds is 7. The average molecular weight is 264 g/mol. The Balaban J connectivity index is 2.43. The Morgan fingerprint density at radius 2 is 1.95 bits per heavy atom. The molecule has 0 spiro atoms. The molecule has 0 aliphatic carbocycles. The van der Waals surface area contributed by atoms with Crippen molar-refractivity contribution in [3.05, 3.63) is 35.9 Å². The predicted octanol–water partition coefficient (Wildman–Crippen LogP) is 0.580. The number of aliphatic hydroxyl groups is 1. The summed E-state index contributed by atoms with van der Waals surface area (Å²) in [4.78, 5) is 23.2. The average Bonchev–Trinajstić information content (AvgIpc) is 2.43. The van der Waals surface area contributed by atoms with Gasteiger partial charge in [-0.2, -0.15) is 0 Å². The summed E-state index contributed by atoms with van der Waals surface area (Å²) in [6, 6.07) is 8.56. The zero-order chi connectivity index (χ0) is 14.1. The maximum Gasteiger partial charge on any atom is 0.245 e. The van der Waals surface area contributed by atoms with E-state index in [4.69, 9.17) is 5.11 Å². The van der Waals surface area contributed by atoms with Crippen molar-refractivity contribution in [3.8, 4) is 0 Å². The number of benzene rings is 1. The highest BCUT2D eigenvalue weighted by Gasteiger charge is 2.18. The summed E-state index contributed by atoms with van der Waals surface area (Å²) in [7, 11) is 0. The molecule has 0 bridgehead atoms. The lowest BCUT2D eigenvalue weighted by atomic mass is 10.2. The molecule has 0 heterocycles. The summed E-state index contributed by atoms with van der Waals surface area (Å²) >= 11 is 0. The van der Waals surface area contributed by atoms with Crippen molar-refractivity contribution >= 4 is 11.8 Å². The topological polar surface area (TPSA) is 78.4 Å². The van der Waals surface area contributed by atoms with Gasteiger partial charge in [-0.25, -0.2) is 0 Å². The molecule has 0 radical (unpaired) electrons. The standard InChI is InChI=1S/C14H20N2O3/c1-2-6-13(18)16-12(10-17)14(19)15-9-11-7-4-3-5-8-11/h3-5,7-8,12,17H,2,6,9-10H2,1H3,(H,15,19)(H,16,18). The van der Waals surface area contributed by atoms with Crippen LogP contribution in [-0.2, 0) is 16.1 Å². The van der Waals surface area contributed by atoms with Crippen molar-refractivity contribution in [1.29, 1.82) is 0 Å². The highest BCUT2D eigenvalue weighted by Crippen LogP contribution is 1.98. The van der Waals surface area contributed by atoms with E-state index in [1.807, 2.05) is 37.3 Å². The number of aliphatic hydroxyl groups excluding tert-OH is 1. The third-order valence-electron chi connectivity index (χ3n) is 2.62. The molecule has 0 aromatic heterocycles. The smallest absolute Gasteiger partial charge is 0.245 e. The van der Waals surface area contributed by atoms with Crippen LogP contribution in [0.1, 0.15) is 25.3 Å². The molecule has 1 aromatic rings. The van der Waals surface area contributed by atoms with Crippen LogP contribution in [-0.4, -0.2) is 29.6 Å². The van der Waals surface area contributed by atoms with Crippen LogP contribution in [0.15, 0.2) is 30.3 Å². The maximum atomic E-state index is 11.8. The molecule has 0 saturated carbocycles. The lowest BCUT2D eigenvalue weighted by Crippen LogP contribution is -2.48. The Labute approximate surface area is 113 Å². The quantitative estimate of drug-likeness (QED) is 0.674. The number of nitrogens with one attached hydrogen (secondary N) is 2. The number of carbonyl (C=O) groups excluding carboxylic acids is 2. The Kier molecular flexibility index (Phi) is 6.60. The first-order chi connectivity index (χ1) is 9.17. The van der Waals surface area contributed by atoms with Gasteiger partial charge in [-0.1, -0.05) is 37.3 Å². The van der Waals surface area contributed by atoms with E-state index < -0.39 is 12.6 Å². The second-order valence-electron chi connectivity index (χ2n) is 4.26. The van der Waals surface area contributed by atoms with Crippen molar-refractivity contribution in [2.24, 2.45) is 0 Å². The first kappa shape index (κ1) is 15.2. The first-order valence-corrected chi connectivity index (χ1v) is 6.39. The van der Waals surface area contributed by atoms with Gasteiger partial charge in [-0.05, 0) is 12.0 Å². The fraction of sp³-hybridized carbons (Fsp3) is 0.429. The predicted molar refractivity (Wildman–Crippen MR) is 72.2 cm³/mol. The van der Waals surface area contributed by atoms with Crippen LogP contribution >= 0.6 is 0 Å². The van der Waals surface area contributed by atoms with Gasteiger partial charge in [0.2, 0.25) is 11.8 Å². The summed E-state index contributed by atoms with van der Waals surface area (Å²) in [6.45, 7) is 1.85. The van der Waals surface area contributed by atoms with Crippen molar-refractivity contribution < 1.29 is 14.7 Å². The Bertz CT molecular complexity index is 406. The summed E-state index contributed by atoms with van der Waals surface area (Å²) in [5.41, 5.74) is 0.965. The van der Waals surface area contributed by atoms with E-state index in [1.54, 1.807) is 0 Å². The van der Waals surface area contributed by atoms with Crippen LogP contribution in [0.25, 0.3) is 0 Å². The maximum absolute atomic E-state index is 11.8. The lowest BCUT2D eigenvalue weighted by Gasteiger charge is -2.16. The summed E-state index contributed by atoms with van der Waals surface area (Å²) in [6.07, 6.45) is 1.05. The van der Waals surface area contributed by atoms with Crippen LogP contribution in [0.5, 0.6) is 0 Å². The zero-order valence-corrected chi connectivity index (χ0v) is 11.1. The first-order valence-electron chi connectivity index (χ1n) is 6.39. The van der Waals surface area contributed by atoms with Gasteiger partial charge in [0, 0.05) is 13.0 Å². The Hall–Kier alpha value is -1.88. The molecular formula is C14H20N2O3. The molecular weight excluding hydrogens is 244 g/mol. The highest BCUT2D eigenvalue weighted by molar-refractivity contribution is 5.87. The van der Waals surface area contributed by atoms with Crippen LogP contribution in [0.3, 0.4) is 0 Å². The molecule has 104 valence electrons. The molecule has 3 N–H and O–H groups in total. The third-order valence-corrected chi connectivity index (χ3v) is 2.62. The van der Waals surface area contributed by atoms with Crippen molar-refractivity contribution in [1.82, 2.24) is 10.6 Å². The minimum atomic E-state index is -0.886. The molecule has 1 atom stereocenters. The van der Waals surface area contributed by atoms with Gasteiger partial charge in [-0.15, -0.1) is 0 Å². The fourth-order valence-electron chi connectivity index (χ4n) is 1.60. The van der Waals surface area contributed by atoms with E-state index in [9.17, 15) is 9.59 Å². The Morgan fingerprint density at radius 3 is 2.53 bits per heavy atom. The molecule has 5 heteroatoms. The molecule has 2 amide bonds. The summed E-state index contributed by atoms with van der Waals surface area (Å²) in [5.74, 6) is -0.604. The van der Waals surface area contributed by atoms with Gasteiger partial charge >= 0.3 is 0 Å². The number of hydrogen-bond acceptors (Lipinski definition) is 3. The minimum absolute atomic E-state index is 0.226. The van der Waals surface area contributed by atoms with E-state index in [-0.39, 0.29) is 11.8 Å². The fourth-order valence-corrected chi connectivity index (χ4v) is 1.60. The van der Waals surface area contributed by atoms with Crippen LogP contribution < -0.4 is 10.6 Å². The highest BCUT2D eigenvalue weighted by atomic mass is 16.3. The number of amides is 2. The van der Waals surface area contributed by atoms with E-state index in [2.05, 4.69) is 10.6 Å². The second kappa shape index (κ2) is 8.26. The molecule has 0 aliphatic rings. The monoisotopic (exact) mass is 264 g/mol. The van der Waals surface area contributed by atoms with Gasteiger partial charge in [0.05, 0.1) is 6.61 Å². The Morgan fingerprint density at radius 1 is 1.26 bits per heavy atom. The molecule has 1 rings (SSSR count). The lowest BCUT2D eigenvalue weighted by molar-refractivity contribution is -0.130. The normalized spacial score (nSPS) is 11.7. The van der Waals surface area contributed by atoms with Crippen molar-refractivity contribution in [3.63, 3.8) is 0 Å². The molecule has 0 aliphatic heterocycles. The zero-order valence-electron chi connectivity index (χ0n) is 11.1. The second-order valence-corrected chi connectivity index (χ2v) is 4.26. The summed E-state index contributed by atoms with van der Waals surface area (Å²) < 4.78 is 0. The third kappa shape index (κ3) is 5.52. The van der Waals surface area contributed by atoms with E-state index in [0.29, 0.717) is 19.4 Å². The van der Waals surface area contributed by atoms with Crippen molar-refractivity contribution in [2.45, 2.75) is 32.4 Å². The van der Waals surface area contributed by atoms with Gasteiger partial charge in [-0.3, -0.25) is 9.59 Å². The van der Waals surface area contributed by atoms with E-state index in [1.165, 1.54) is 0 Å². The summed E-state index contributed by atoms with van der Waals surface area (Å²) in [5, 5.41) is 14.3. The molecule has 0 saturated heterocycles. The van der Waals surface area contributed by atoms with Crippen LogP contribution in [0, 0.1) is 0 Å². The molecule has 0 fully saturated rings. The van der Waals surface area contributed by atoms with Gasteiger partial charge < -0.3 is 15.7 Å². The minimum Gasteiger partial charge on any atom is -0.394 e. The number of carbonyl (C=O) groups is 2. The largest absolute Gasteiger partial charge is 0.394 e. The van der Waals surface area contributed by atoms with Gasteiger partial charge in [0.1, 0.15) is 6.04 Å². The van der Waals surface area contributed by atoms with Crippen molar-refractivity contribution in [2.75, 3.05) is 6.61 Å². The number of hydrogen-bond donors (Lipinski definition) is 3. The van der Waals surface area contributed by atoms with Gasteiger partial charge in [0.25, 0.3) is 0 Å². The molecule has 1 unspecified atom stereocenters. The van der Waals surface area contributed by atoms with Crippen LogP contribution in [0.4, 0.5) is 0 Å².